The second kappa shape index (κ2) is 8.37. The molecule has 0 bridgehead atoms. The molecule has 1 unspecified atom stereocenters. The quantitative estimate of drug-likeness (QED) is 0.601. The number of anilines is 1. The van der Waals surface area contributed by atoms with Crippen molar-refractivity contribution < 1.29 is 28.9 Å². The number of carbonyl (C=O) groups is 2. The zero-order valence-electron chi connectivity index (χ0n) is 15.1. The molecule has 7 nitrogen and oxygen atoms in total. The Balaban J connectivity index is 1.66. The second-order valence-electron chi connectivity index (χ2n) is 6.77. The highest BCUT2D eigenvalue weighted by Gasteiger charge is 2.36. The predicted octanol–water partition coefficient (Wildman–Crippen LogP) is 1.59. The molecule has 2 aromatic rings. The molecule has 0 aliphatic carbocycles. The van der Waals surface area contributed by atoms with Gasteiger partial charge in [-0.3, -0.25) is 9.59 Å². The zero-order valence-corrected chi connectivity index (χ0v) is 15.1. The number of halogens is 1. The van der Waals surface area contributed by atoms with E-state index < -0.39 is 23.2 Å². The summed E-state index contributed by atoms with van der Waals surface area (Å²) in [7, 11) is 0. The SMILES string of the molecule is O=C(Cc1cc(F)ccc1O)Nc1cccc(C(=O)NC2(CO)CCOC2)c1. The van der Waals surface area contributed by atoms with Crippen molar-refractivity contribution in [3.63, 3.8) is 0 Å². The van der Waals surface area contributed by atoms with Gasteiger partial charge in [-0.15, -0.1) is 0 Å². The Kier molecular flexibility index (Phi) is 5.91. The highest BCUT2D eigenvalue weighted by Crippen LogP contribution is 2.21. The number of rotatable bonds is 6. The molecule has 148 valence electrons. The number of amides is 2. The van der Waals surface area contributed by atoms with Gasteiger partial charge >= 0.3 is 0 Å². The molecule has 1 fully saturated rings. The number of benzene rings is 2. The van der Waals surface area contributed by atoms with Crippen molar-refractivity contribution in [3.8, 4) is 5.75 Å². The van der Waals surface area contributed by atoms with E-state index in [0.29, 0.717) is 24.3 Å². The molecule has 28 heavy (non-hydrogen) atoms. The molecule has 4 N–H and O–H groups in total. The molecule has 0 saturated carbocycles. The summed E-state index contributed by atoms with van der Waals surface area (Å²) in [5.74, 6) is -1.57. The van der Waals surface area contributed by atoms with Crippen molar-refractivity contribution in [2.45, 2.75) is 18.4 Å². The van der Waals surface area contributed by atoms with Crippen molar-refractivity contribution >= 4 is 17.5 Å². The van der Waals surface area contributed by atoms with Gasteiger partial charge in [-0.1, -0.05) is 6.07 Å². The lowest BCUT2D eigenvalue weighted by atomic mass is 9.99. The molecule has 2 amide bonds. The van der Waals surface area contributed by atoms with Gasteiger partial charge < -0.3 is 25.6 Å². The van der Waals surface area contributed by atoms with Gasteiger partial charge in [0, 0.05) is 23.4 Å². The smallest absolute Gasteiger partial charge is 0.251 e. The monoisotopic (exact) mass is 388 g/mol. The first-order valence-corrected chi connectivity index (χ1v) is 8.79. The first kappa shape index (κ1) is 19.8. The second-order valence-corrected chi connectivity index (χ2v) is 6.77. The minimum atomic E-state index is -0.800. The van der Waals surface area contributed by atoms with Crippen LogP contribution >= 0.6 is 0 Å². The van der Waals surface area contributed by atoms with Crippen molar-refractivity contribution in [3.05, 3.63) is 59.4 Å². The molecule has 2 aromatic carbocycles. The molecule has 0 radical (unpaired) electrons. The third-order valence-electron chi connectivity index (χ3n) is 4.59. The molecular formula is C20H21FN2O5. The highest BCUT2D eigenvalue weighted by molar-refractivity contribution is 5.98. The summed E-state index contributed by atoms with van der Waals surface area (Å²) in [6.45, 7) is 0.471. The van der Waals surface area contributed by atoms with Gasteiger partial charge in [0.25, 0.3) is 5.91 Å². The molecule has 1 aliphatic heterocycles. The first-order chi connectivity index (χ1) is 13.4. The molecule has 1 heterocycles. The fourth-order valence-corrected chi connectivity index (χ4v) is 3.00. The summed E-state index contributed by atoms with van der Waals surface area (Å²) in [6.07, 6.45) is 0.299. The Morgan fingerprint density at radius 2 is 2.04 bits per heavy atom. The van der Waals surface area contributed by atoms with E-state index in [-0.39, 0.29) is 30.9 Å². The standard InChI is InChI=1S/C20H21FN2O5/c21-15-4-5-17(25)14(8-15)10-18(26)22-16-3-1-2-13(9-16)19(27)23-20(11-24)6-7-28-12-20/h1-5,8-9,24-25H,6-7,10-12H2,(H,22,26)(H,23,27). The molecule has 1 saturated heterocycles. The van der Waals surface area contributed by atoms with Gasteiger partial charge in [0.2, 0.25) is 5.91 Å². The van der Waals surface area contributed by atoms with E-state index in [2.05, 4.69) is 10.6 Å². The van der Waals surface area contributed by atoms with Gasteiger partial charge in [-0.2, -0.15) is 0 Å². The van der Waals surface area contributed by atoms with E-state index >= 15 is 0 Å². The van der Waals surface area contributed by atoms with E-state index in [9.17, 15) is 24.2 Å². The predicted molar refractivity (Wildman–Crippen MR) is 99.6 cm³/mol. The first-order valence-electron chi connectivity index (χ1n) is 8.79. The highest BCUT2D eigenvalue weighted by atomic mass is 19.1. The average Bonchev–Trinajstić information content (AvgIpc) is 3.14. The van der Waals surface area contributed by atoms with Crippen LogP contribution in [-0.4, -0.2) is 47.4 Å². The fourth-order valence-electron chi connectivity index (χ4n) is 3.00. The lowest BCUT2D eigenvalue weighted by molar-refractivity contribution is -0.115. The molecule has 0 spiro atoms. The minimum absolute atomic E-state index is 0.164. The maximum Gasteiger partial charge on any atom is 0.251 e. The largest absolute Gasteiger partial charge is 0.508 e. The number of nitrogens with one attached hydrogen (secondary N) is 2. The van der Waals surface area contributed by atoms with Crippen LogP contribution in [0.3, 0.4) is 0 Å². The van der Waals surface area contributed by atoms with Crippen LogP contribution in [-0.2, 0) is 16.0 Å². The Morgan fingerprint density at radius 1 is 1.21 bits per heavy atom. The third kappa shape index (κ3) is 4.65. The summed E-state index contributed by atoms with van der Waals surface area (Å²) < 4.78 is 18.5. The third-order valence-corrected chi connectivity index (χ3v) is 4.59. The van der Waals surface area contributed by atoms with Crippen molar-refractivity contribution in [2.75, 3.05) is 25.1 Å². The van der Waals surface area contributed by atoms with Crippen LogP contribution in [0.1, 0.15) is 22.3 Å². The molecule has 1 atom stereocenters. The molecular weight excluding hydrogens is 367 g/mol. The number of hydrogen-bond acceptors (Lipinski definition) is 5. The van der Waals surface area contributed by atoms with Crippen molar-refractivity contribution in [1.82, 2.24) is 5.32 Å². The van der Waals surface area contributed by atoms with E-state index in [4.69, 9.17) is 4.74 Å². The Labute approximate surface area is 161 Å². The number of ether oxygens (including phenoxy) is 1. The van der Waals surface area contributed by atoms with Crippen molar-refractivity contribution in [1.29, 1.82) is 0 Å². The number of aromatic hydroxyl groups is 1. The lowest BCUT2D eigenvalue weighted by Gasteiger charge is -2.26. The van der Waals surface area contributed by atoms with E-state index in [1.54, 1.807) is 18.2 Å². The van der Waals surface area contributed by atoms with Gasteiger partial charge in [-0.25, -0.2) is 4.39 Å². The number of aliphatic hydroxyl groups is 1. The fraction of sp³-hybridized carbons (Fsp3) is 0.300. The average molecular weight is 388 g/mol. The van der Waals surface area contributed by atoms with Crippen LogP contribution in [0.5, 0.6) is 5.75 Å². The van der Waals surface area contributed by atoms with Gasteiger partial charge in [0.05, 0.1) is 25.2 Å². The summed E-state index contributed by atoms with van der Waals surface area (Å²) >= 11 is 0. The summed E-state index contributed by atoms with van der Waals surface area (Å²) in [5, 5.41) is 24.7. The molecule has 3 rings (SSSR count). The normalized spacial score (nSPS) is 18.6. The summed E-state index contributed by atoms with van der Waals surface area (Å²) in [6, 6.07) is 9.70. The van der Waals surface area contributed by atoms with Gasteiger partial charge in [-0.05, 0) is 42.8 Å². The Hall–Kier alpha value is -2.97. The summed E-state index contributed by atoms with van der Waals surface area (Å²) in [5.41, 5.74) is 0.0588. The lowest BCUT2D eigenvalue weighted by Crippen LogP contribution is -2.52. The zero-order chi connectivity index (χ0) is 20.1. The van der Waals surface area contributed by atoms with Crippen LogP contribution in [0, 0.1) is 5.82 Å². The maximum absolute atomic E-state index is 13.3. The molecule has 8 heteroatoms. The minimum Gasteiger partial charge on any atom is -0.508 e. The molecule has 1 aliphatic rings. The van der Waals surface area contributed by atoms with Crippen LogP contribution < -0.4 is 10.6 Å². The van der Waals surface area contributed by atoms with E-state index in [1.807, 2.05) is 0 Å². The van der Waals surface area contributed by atoms with Crippen LogP contribution in [0.25, 0.3) is 0 Å². The number of phenolic OH excluding ortho intramolecular Hbond substituents is 1. The van der Waals surface area contributed by atoms with Crippen LogP contribution in [0.15, 0.2) is 42.5 Å². The maximum atomic E-state index is 13.3. The van der Waals surface area contributed by atoms with E-state index in [1.165, 1.54) is 12.1 Å². The van der Waals surface area contributed by atoms with Crippen LogP contribution in [0.2, 0.25) is 0 Å². The van der Waals surface area contributed by atoms with Gasteiger partial charge in [0.15, 0.2) is 0 Å². The number of aliphatic hydroxyl groups excluding tert-OH is 1. The Bertz CT molecular complexity index is 881. The van der Waals surface area contributed by atoms with Crippen LogP contribution in [0.4, 0.5) is 10.1 Å². The molecule has 0 aromatic heterocycles. The number of hydrogen-bond donors (Lipinski definition) is 4. The number of phenols is 1. The summed E-state index contributed by atoms with van der Waals surface area (Å²) in [4.78, 5) is 24.7. The van der Waals surface area contributed by atoms with Crippen molar-refractivity contribution in [2.24, 2.45) is 0 Å². The Morgan fingerprint density at radius 3 is 2.75 bits per heavy atom. The van der Waals surface area contributed by atoms with Gasteiger partial charge in [0.1, 0.15) is 11.6 Å². The topological polar surface area (TPSA) is 108 Å². The van der Waals surface area contributed by atoms with E-state index in [0.717, 1.165) is 12.1 Å². The number of carbonyl (C=O) groups excluding carboxylic acids is 2.